The number of rotatable bonds is 25. The molecule has 2 N–H and O–H groups in total. The maximum Gasteiger partial charge on any atom is 0.303 e. The van der Waals surface area contributed by atoms with E-state index in [0.29, 0.717) is 12.8 Å². The van der Waals surface area contributed by atoms with E-state index in [1.165, 1.54) is 109 Å². The normalized spacial score (nSPS) is 10.5. The smallest absolute Gasteiger partial charge is 0.303 e. The molecule has 0 bridgehead atoms. The van der Waals surface area contributed by atoms with Crippen LogP contribution in [0.15, 0.2) is 12.7 Å². The molecule has 4 heteroatoms. The Labute approximate surface area is 205 Å². The van der Waals surface area contributed by atoms with Crippen LogP contribution in [0.3, 0.4) is 0 Å². The summed E-state index contributed by atoms with van der Waals surface area (Å²) in [5, 5.41) is 16.9. The van der Waals surface area contributed by atoms with Crippen LogP contribution in [0, 0.1) is 0 Å². The molecule has 33 heavy (non-hydrogen) atoms. The highest BCUT2D eigenvalue weighted by Gasteiger charge is 1.97. The Kier molecular flexibility index (Phi) is 31.5. The number of hydrogen-bond acceptors (Lipinski definition) is 2. The van der Waals surface area contributed by atoms with Gasteiger partial charge < -0.3 is 10.2 Å². The number of allylic oxidation sites excluding steroid dienone is 1. The van der Waals surface area contributed by atoms with Gasteiger partial charge in [0, 0.05) is 12.8 Å². The molecule has 0 saturated heterocycles. The van der Waals surface area contributed by atoms with E-state index in [9.17, 15) is 9.59 Å². The summed E-state index contributed by atoms with van der Waals surface area (Å²) in [5.74, 6) is -1.33. The van der Waals surface area contributed by atoms with Crippen molar-refractivity contribution in [2.24, 2.45) is 0 Å². The molecule has 0 amide bonds. The molecule has 0 aromatic carbocycles. The monoisotopic (exact) mass is 468 g/mol. The van der Waals surface area contributed by atoms with Crippen molar-refractivity contribution >= 4 is 11.9 Å². The zero-order valence-electron chi connectivity index (χ0n) is 22.0. The summed E-state index contributed by atoms with van der Waals surface area (Å²) in [5.41, 5.74) is 0. The maximum atomic E-state index is 10.3. The van der Waals surface area contributed by atoms with Crippen LogP contribution in [-0.2, 0) is 9.59 Å². The van der Waals surface area contributed by atoms with Crippen LogP contribution in [0.2, 0.25) is 0 Å². The van der Waals surface area contributed by atoms with Crippen LogP contribution < -0.4 is 0 Å². The lowest BCUT2D eigenvalue weighted by atomic mass is 10.0. The van der Waals surface area contributed by atoms with Crippen LogP contribution >= 0.6 is 0 Å². The number of unbranched alkanes of at least 4 members (excludes halogenated alkanes) is 20. The minimum Gasteiger partial charge on any atom is -0.481 e. The van der Waals surface area contributed by atoms with Crippen molar-refractivity contribution in [3.05, 3.63) is 12.7 Å². The van der Waals surface area contributed by atoms with Crippen LogP contribution in [0.25, 0.3) is 0 Å². The summed E-state index contributed by atoms with van der Waals surface area (Å²) in [6, 6.07) is 0. The van der Waals surface area contributed by atoms with Crippen molar-refractivity contribution < 1.29 is 19.8 Å². The zero-order valence-corrected chi connectivity index (χ0v) is 22.0. The van der Waals surface area contributed by atoms with Crippen molar-refractivity contribution in [1.82, 2.24) is 0 Å². The molecule has 0 fully saturated rings. The summed E-state index contributed by atoms with van der Waals surface area (Å²) in [7, 11) is 0. The van der Waals surface area contributed by atoms with E-state index >= 15 is 0 Å². The van der Waals surface area contributed by atoms with Crippen molar-refractivity contribution in [2.75, 3.05) is 0 Å². The second-order valence-corrected chi connectivity index (χ2v) is 9.44. The topological polar surface area (TPSA) is 74.6 Å². The molecule has 0 saturated carbocycles. The van der Waals surface area contributed by atoms with Crippen molar-refractivity contribution in [1.29, 1.82) is 0 Å². The first-order valence-corrected chi connectivity index (χ1v) is 14.1. The number of aliphatic carboxylic acids is 2. The standard InChI is InChI=1S/C18H36O2.C11H20O2/c1-2-3-4-5-6-7-8-9-10-11-12-13-14-15-16-17-18(19)20;1-2-3-4-5-6-7-8-9-10-11(12)13/h2-17H2,1H3,(H,19,20);2H,1,3-10H2,(H,12,13). The van der Waals surface area contributed by atoms with E-state index in [1.807, 2.05) is 6.08 Å². The number of carboxylic acid groups (broad SMARTS) is 2. The Bertz CT molecular complexity index is 420. The van der Waals surface area contributed by atoms with E-state index in [2.05, 4.69) is 13.5 Å². The van der Waals surface area contributed by atoms with Gasteiger partial charge in [0.05, 0.1) is 0 Å². The maximum absolute atomic E-state index is 10.3. The number of carbonyl (C=O) groups is 2. The zero-order chi connectivity index (χ0) is 24.8. The first-order valence-electron chi connectivity index (χ1n) is 14.1. The fourth-order valence-electron chi connectivity index (χ4n) is 3.92. The molecule has 0 radical (unpaired) electrons. The Morgan fingerprint density at radius 3 is 1.06 bits per heavy atom. The average molecular weight is 469 g/mol. The van der Waals surface area contributed by atoms with E-state index in [1.54, 1.807) is 0 Å². The van der Waals surface area contributed by atoms with Gasteiger partial charge in [0.1, 0.15) is 0 Å². The lowest BCUT2D eigenvalue weighted by molar-refractivity contribution is -0.138. The highest BCUT2D eigenvalue weighted by atomic mass is 16.4. The molecule has 0 unspecified atom stereocenters. The van der Waals surface area contributed by atoms with Gasteiger partial charge in [-0.15, -0.1) is 6.58 Å². The van der Waals surface area contributed by atoms with E-state index < -0.39 is 11.9 Å². The highest BCUT2D eigenvalue weighted by molar-refractivity contribution is 5.66. The summed E-state index contributed by atoms with van der Waals surface area (Å²) in [4.78, 5) is 20.5. The quantitative estimate of drug-likeness (QED) is 0.103. The van der Waals surface area contributed by atoms with Gasteiger partial charge in [0.2, 0.25) is 0 Å². The van der Waals surface area contributed by atoms with Crippen molar-refractivity contribution in [3.63, 3.8) is 0 Å². The van der Waals surface area contributed by atoms with Gasteiger partial charge in [0.15, 0.2) is 0 Å². The summed E-state index contributed by atoms with van der Waals surface area (Å²) >= 11 is 0. The lowest BCUT2D eigenvalue weighted by Gasteiger charge is -2.03. The van der Waals surface area contributed by atoms with Crippen LogP contribution in [0.1, 0.15) is 161 Å². The second kappa shape index (κ2) is 30.7. The summed E-state index contributed by atoms with van der Waals surface area (Å²) in [6.45, 7) is 5.93. The molecular formula is C29H56O4. The Hall–Kier alpha value is -1.32. The predicted octanol–water partition coefficient (Wildman–Crippen LogP) is 9.71. The van der Waals surface area contributed by atoms with Crippen LogP contribution in [0.4, 0.5) is 0 Å². The first kappa shape index (κ1) is 33.9. The molecule has 0 aromatic rings. The van der Waals surface area contributed by atoms with Crippen LogP contribution in [-0.4, -0.2) is 22.2 Å². The van der Waals surface area contributed by atoms with Gasteiger partial charge in [0.25, 0.3) is 0 Å². The van der Waals surface area contributed by atoms with Crippen LogP contribution in [0.5, 0.6) is 0 Å². The fourth-order valence-corrected chi connectivity index (χ4v) is 3.92. The van der Waals surface area contributed by atoms with E-state index in [-0.39, 0.29) is 0 Å². The third-order valence-corrected chi connectivity index (χ3v) is 6.04. The third-order valence-electron chi connectivity index (χ3n) is 6.04. The van der Waals surface area contributed by atoms with Gasteiger partial charge in [-0.1, -0.05) is 129 Å². The fraction of sp³-hybridized carbons (Fsp3) is 0.862. The minimum absolute atomic E-state index is 0.326. The van der Waals surface area contributed by atoms with E-state index in [0.717, 1.165) is 32.1 Å². The molecule has 0 heterocycles. The number of carboxylic acids is 2. The molecule has 0 aromatic heterocycles. The largest absolute Gasteiger partial charge is 0.481 e. The van der Waals surface area contributed by atoms with Gasteiger partial charge in [-0.05, 0) is 25.7 Å². The third kappa shape index (κ3) is 38.3. The molecular weight excluding hydrogens is 412 g/mol. The molecule has 0 aliphatic carbocycles. The Morgan fingerprint density at radius 2 is 0.788 bits per heavy atom. The second-order valence-electron chi connectivity index (χ2n) is 9.44. The Balaban J connectivity index is 0. The first-order chi connectivity index (χ1) is 16.0. The SMILES string of the molecule is C=CCCCCCCCCC(=O)O.CCCCCCCCCCCCCCCCCC(=O)O. The highest BCUT2D eigenvalue weighted by Crippen LogP contribution is 2.13. The summed E-state index contributed by atoms with van der Waals surface area (Å²) < 4.78 is 0. The molecule has 196 valence electrons. The molecule has 4 nitrogen and oxygen atoms in total. The molecule has 0 aliphatic rings. The average Bonchev–Trinajstić information content (AvgIpc) is 2.78. The summed E-state index contributed by atoms with van der Waals surface area (Å²) in [6.07, 6.45) is 30.3. The Morgan fingerprint density at radius 1 is 0.515 bits per heavy atom. The molecule has 0 spiro atoms. The van der Waals surface area contributed by atoms with Gasteiger partial charge >= 0.3 is 11.9 Å². The molecule has 0 aliphatic heterocycles. The molecule has 0 atom stereocenters. The van der Waals surface area contributed by atoms with Gasteiger partial charge in [-0.25, -0.2) is 0 Å². The van der Waals surface area contributed by atoms with Gasteiger partial charge in [-0.2, -0.15) is 0 Å². The molecule has 0 rings (SSSR count). The lowest BCUT2D eigenvalue weighted by Crippen LogP contribution is -1.93. The van der Waals surface area contributed by atoms with Gasteiger partial charge in [-0.3, -0.25) is 9.59 Å². The predicted molar refractivity (Wildman–Crippen MR) is 142 cm³/mol. The minimum atomic E-state index is -0.674. The van der Waals surface area contributed by atoms with Crippen molar-refractivity contribution in [2.45, 2.75) is 161 Å². The number of hydrogen-bond donors (Lipinski definition) is 2. The van der Waals surface area contributed by atoms with E-state index in [4.69, 9.17) is 10.2 Å². The van der Waals surface area contributed by atoms with Crippen molar-refractivity contribution in [3.8, 4) is 0 Å².